The fourth-order valence-electron chi connectivity index (χ4n) is 1.91. The molecule has 0 fully saturated rings. The Morgan fingerprint density at radius 2 is 1.79 bits per heavy atom. The Kier molecular flexibility index (Phi) is 4.57. The van der Waals surface area contributed by atoms with E-state index in [-0.39, 0.29) is 15.6 Å². The lowest BCUT2D eigenvalue weighted by Crippen LogP contribution is -2.06. The average Bonchev–Trinajstić information content (AvgIpc) is 2.47. The molecule has 0 aromatic heterocycles. The summed E-state index contributed by atoms with van der Waals surface area (Å²) in [5.41, 5.74) is -1.39. The van der Waals surface area contributed by atoms with Crippen molar-refractivity contribution in [2.75, 3.05) is 0 Å². The molecule has 0 aliphatic heterocycles. The van der Waals surface area contributed by atoms with Gasteiger partial charge in [0.25, 0.3) is 0 Å². The number of nitro benzene ring substituents is 1. The predicted molar refractivity (Wildman–Crippen MR) is 83.1 cm³/mol. The molecule has 0 saturated carbocycles. The quantitative estimate of drug-likeness (QED) is 0.467. The third-order valence-electron chi connectivity index (χ3n) is 2.95. The molecule has 0 bridgehead atoms. The molecular formula is C13H6Cl2N2O6S. The smallest absolute Gasteiger partial charge is 0.315 e. The number of benzene rings is 2. The molecule has 0 radical (unpaired) electrons. The van der Waals surface area contributed by atoms with E-state index in [1.54, 1.807) is 6.07 Å². The van der Waals surface area contributed by atoms with Crippen LogP contribution in [0, 0.1) is 21.4 Å². The number of hydrogen-bond acceptors (Lipinski definition) is 7. The van der Waals surface area contributed by atoms with E-state index in [9.17, 15) is 28.7 Å². The van der Waals surface area contributed by atoms with Crippen LogP contribution in [-0.2, 0) is 9.84 Å². The number of phenolic OH excluding ortho intramolecular Hbond substituents is 2. The van der Waals surface area contributed by atoms with Crippen molar-refractivity contribution in [3.05, 3.63) is 50.0 Å². The summed E-state index contributed by atoms with van der Waals surface area (Å²) in [5.74, 6) is -2.09. The minimum atomic E-state index is -4.51. The number of hydrogen-bond donors (Lipinski definition) is 2. The molecule has 0 atom stereocenters. The van der Waals surface area contributed by atoms with Crippen molar-refractivity contribution in [3.8, 4) is 17.6 Å². The molecule has 0 spiro atoms. The predicted octanol–water partition coefficient (Wildman–Crippen LogP) is 3.02. The van der Waals surface area contributed by atoms with Crippen LogP contribution in [0.3, 0.4) is 0 Å². The van der Waals surface area contributed by atoms with E-state index >= 15 is 0 Å². The number of nitro groups is 1. The van der Waals surface area contributed by atoms with Crippen molar-refractivity contribution in [2.45, 2.75) is 9.79 Å². The van der Waals surface area contributed by atoms with E-state index in [0.29, 0.717) is 12.1 Å². The second-order valence-corrected chi connectivity index (χ2v) is 7.18. The van der Waals surface area contributed by atoms with Gasteiger partial charge in [0.05, 0.1) is 20.4 Å². The van der Waals surface area contributed by atoms with Gasteiger partial charge in [0, 0.05) is 17.2 Å². The molecule has 124 valence electrons. The molecule has 2 N–H and O–H groups in total. The highest BCUT2D eigenvalue weighted by Crippen LogP contribution is 2.40. The van der Waals surface area contributed by atoms with Gasteiger partial charge in [-0.2, -0.15) is 5.26 Å². The van der Waals surface area contributed by atoms with Gasteiger partial charge in [-0.05, 0) is 12.1 Å². The van der Waals surface area contributed by atoms with Gasteiger partial charge in [-0.3, -0.25) is 10.1 Å². The highest BCUT2D eigenvalue weighted by molar-refractivity contribution is 7.91. The zero-order valence-corrected chi connectivity index (χ0v) is 13.7. The van der Waals surface area contributed by atoms with Crippen LogP contribution >= 0.6 is 23.2 Å². The van der Waals surface area contributed by atoms with Crippen molar-refractivity contribution < 1.29 is 23.6 Å². The molecule has 8 nitrogen and oxygen atoms in total. The van der Waals surface area contributed by atoms with Gasteiger partial charge in [0.1, 0.15) is 11.0 Å². The summed E-state index contributed by atoms with van der Waals surface area (Å²) in [5, 5.41) is 38.6. The molecule has 24 heavy (non-hydrogen) atoms. The maximum Gasteiger partial charge on any atom is 0.315 e. The van der Waals surface area contributed by atoms with Gasteiger partial charge in [-0.15, -0.1) is 0 Å². The first-order valence-corrected chi connectivity index (χ1v) is 8.18. The van der Waals surface area contributed by atoms with Crippen molar-refractivity contribution in [2.24, 2.45) is 0 Å². The maximum atomic E-state index is 12.7. The van der Waals surface area contributed by atoms with Crippen LogP contribution in [0.15, 0.2) is 34.1 Å². The molecule has 0 heterocycles. The lowest BCUT2D eigenvalue weighted by Gasteiger charge is -2.10. The van der Waals surface area contributed by atoms with Crippen molar-refractivity contribution in [1.29, 1.82) is 5.26 Å². The molecule has 2 aromatic carbocycles. The van der Waals surface area contributed by atoms with Gasteiger partial charge >= 0.3 is 5.69 Å². The largest absolute Gasteiger partial charge is 0.504 e. The number of sulfone groups is 1. The molecular weight excluding hydrogens is 383 g/mol. The molecule has 0 amide bonds. The lowest BCUT2D eigenvalue weighted by molar-refractivity contribution is -0.386. The zero-order chi connectivity index (χ0) is 18.2. The monoisotopic (exact) mass is 388 g/mol. The Morgan fingerprint density at radius 3 is 2.33 bits per heavy atom. The second kappa shape index (κ2) is 6.16. The lowest BCUT2D eigenvalue weighted by atomic mass is 10.2. The summed E-state index contributed by atoms with van der Waals surface area (Å²) in [6, 6.07) is 4.94. The van der Waals surface area contributed by atoms with Crippen LogP contribution in [0.5, 0.6) is 11.5 Å². The summed E-state index contributed by atoms with van der Waals surface area (Å²) in [6.45, 7) is 0. The number of aromatic hydroxyl groups is 2. The molecule has 0 unspecified atom stereocenters. The zero-order valence-electron chi connectivity index (χ0n) is 11.4. The Morgan fingerprint density at radius 1 is 1.17 bits per heavy atom. The van der Waals surface area contributed by atoms with Crippen LogP contribution < -0.4 is 0 Å². The van der Waals surface area contributed by atoms with Crippen LogP contribution in [0.2, 0.25) is 10.0 Å². The van der Waals surface area contributed by atoms with Crippen molar-refractivity contribution in [1.82, 2.24) is 0 Å². The molecule has 2 aromatic rings. The highest BCUT2D eigenvalue weighted by atomic mass is 35.5. The van der Waals surface area contributed by atoms with E-state index in [1.807, 2.05) is 0 Å². The minimum Gasteiger partial charge on any atom is -0.504 e. The fraction of sp³-hybridized carbons (Fsp3) is 0. The molecule has 0 aliphatic rings. The summed E-state index contributed by atoms with van der Waals surface area (Å²) in [4.78, 5) is 8.47. The van der Waals surface area contributed by atoms with E-state index < -0.39 is 41.7 Å². The summed E-state index contributed by atoms with van der Waals surface area (Å²) >= 11 is 11.6. The Hall–Kier alpha value is -2.54. The first-order chi connectivity index (χ1) is 11.1. The van der Waals surface area contributed by atoms with Crippen LogP contribution in [0.1, 0.15) is 5.56 Å². The van der Waals surface area contributed by atoms with Gasteiger partial charge in [0.2, 0.25) is 15.6 Å². The van der Waals surface area contributed by atoms with Crippen LogP contribution in [-0.4, -0.2) is 23.6 Å². The summed E-state index contributed by atoms with van der Waals surface area (Å²) in [6.07, 6.45) is 0. The molecule has 11 heteroatoms. The third-order valence-corrected chi connectivity index (χ3v) is 5.41. The molecule has 2 rings (SSSR count). The van der Waals surface area contributed by atoms with E-state index in [1.165, 1.54) is 0 Å². The van der Waals surface area contributed by atoms with Gasteiger partial charge < -0.3 is 10.2 Å². The van der Waals surface area contributed by atoms with Crippen molar-refractivity contribution >= 4 is 38.7 Å². The van der Waals surface area contributed by atoms with E-state index in [0.717, 1.165) is 12.1 Å². The molecule has 0 aliphatic carbocycles. The number of rotatable bonds is 3. The number of halogens is 2. The standard InChI is InChI=1S/C13H6Cl2N2O6S/c14-7-1-6(5-16)13(9(15)2-7)24(22,23)8-3-10(17(20)21)12(19)11(18)4-8/h1-4,18-19H. The van der Waals surface area contributed by atoms with Gasteiger partial charge in [-0.25, -0.2) is 8.42 Å². The normalized spacial score (nSPS) is 11.0. The number of phenols is 2. The highest BCUT2D eigenvalue weighted by Gasteiger charge is 2.30. The van der Waals surface area contributed by atoms with E-state index in [4.69, 9.17) is 28.5 Å². The third kappa shape index (κ3) is 2.94. The fourth-order valence-corrected chi connectivity index (χ4v) is 4.18. The van der Waals surface area contributed by atoms with Crippen molar-refractivity contribution in [3.63, 3.8) is 0 Å². The van der Waals surface area contributed by atoms with Crippen LogP contribution in [0.4, 0.5) is 5.69 Å². The number of nitriles is 1. The first-order valence-electron chi connectivity index (χ1n) is 5.94. The number of nitrogens with zero attached hydrogens (tertiary/aromatic N) is 2. The van der Waals surface area contributed by atoms with Gasteiger partial charge in [-0.1, -0.05) is 23.2 Å². The van der Waals surface area contributed by atoms with Gasteiger partial charge in [0.15, 0.2) is 5.75 Å². The first kappa shape index (κ1) is 17.8. The Balaban J connectivity index is 2.84. The Labute approximate surface area is 145 Å². The Bertz CT molecular complexity index is 1010. The maximum absolute atomic E-state index is 12.7. The molecule has 0 saturated heterocycles. The SMILES string of the molecule is N#Cc1cc(Cl)cc(Cl)c1S(=O)(=O)c1cc(O)c(O)c([N+](=O)[O-])c1. The second-order valence-electron chi connectivity index (χ2n) is 4.45. The minimum absolute atomic E-state index is 0.0232. The average molecular weight is 389 g/mol. The topological polar surface area (TPSA) is 142 Å². The van der Waals surface area contributed by atoms with E-state index in [2.05, 4.69) is 0 Å². The summed E-state index contributed by atoms with van der Waals surface area (Å²) < 4.78 is 25.4. The summed E-state index contributed by atoms with van der Waals surface area (Å²) in [7, 11) is -4.51. The van der Waals surface area contributed by atoms with Crippen LogP contribution in [0.25, 0.3) is 0 Å².